The summed E-state index contributed by atoms with van der Waals surface area (Å²) in [6, 6.07) is 7.80. The van der Waals surface area contributed by atoms with Crippen molar-refractivity contribution in [2.75, 3.05) is 39.9 Å². The summed E-state index contributed by atoms with van der Waals surface area (Å²) in [5.41, 5.74) is 2.17. The number of guanidine groups is 1. The van der Waals surface area contributed by atoms with E-state index in [-0.39, 0.29) is 5.91 Å². The Hall–Kier alpha value is -2.08. The highest BCUT2D eigenvalue weighted by molar-refractivity contribution is 5.94. The molecule has 0 atom stereocenters. The van der Waals surface area contributed by atoms with Gasteiger partial charge in [0, 0.05) is 45.5 Å². The molecule has 0 spiro atoms. The quantitative estimate of drug-likeness (QED) is 0.440. The molecule has 6 nitrogen and oxygen atoms in total. The van der Waals surface area contributed by atoms with Crippen LogP contribution in [0, 0.1) is 5.41 Å². The average molecular weight is 403 g/mol. The maximum atomic E-state index is 12.4. The Bertz CT molecular complexity index is 649. The van der Waals surface area contributed by atoms with E-state index in [9.17, 15) is 4.79 Å². The lowest BCUT2D eigenvalue weighted by atomic mass is 9.67. The van der Waals surface area contributed by atoms with E-state index >= 15 is 0 Å². The third-order valence-corrected chi connectivity index (χ3v) is 5.90. The highest BCUT2D eigenvalue weighted by atomic mass is 16.5. The number of methoxy groups -OCH3 is 1. The van der Waals surface area contributed by atoms with E-state index < -0.39 is 0 Å². The fourth-order valence-electron chi connectivity index (χ4n) is 3.74. The van der Waals surface area contributed by atoms with E-state index in [2.05, 4.69) is 17.6 Å². The standard InChI is InChI=1S/C23H38N4O2/c1-5-24-22(26-18-23(13-8-14-23)15-16-29-4)25-17-19-9-11-20(12-10-19)21(28)27(6-2)7-3/h9-12H,5-8,13-18H2,1-4H3,(H2,24,25,26). The van der Waals surface area contributed by atoms with Crippen LogP contribution in [0.3, 0.4) is 0 Å². The number of benzene rings is 1. The first-order valence-electron chi connectivity index (χ1n) is 11.0. The lowest BCUT2D eigenvalue weighted by Gasteiger charge is -2.42. The van der Waals surface area contributed by atoms with Gasteiger partial charge in [-0.25, -0.2) is 4.99 Å². The Kier molecular flexibility index (Phi) is 9.45. The number of nitrogens with zero attached hydrogens (tertiary/aromatic N) is 2. The number of nitrogens with one attached hydrogen (secondary N) is 2. The molecule has 29 heavy (non-hydrogen) atoms. The van der Waals surface area contributed by atoms with Crippen molar-refractivity contribution in [3.8, 4) is 0 Å². The second kappa shape index (κ2) is 11.8. The van der Waals surface area contributed by atoms with Gasteiger partial charge in [-0.3, -0.25) is 4.79 Å². The van der Waals surface area contributed by atoms with Crippen molar-refractivity contribution >= 4 is 11.9 Å². The zero-order valence-corrected chi connectivity index (χ0v) is 18.6. The Morgan fingerprint density at radius 2 is 1.83 bits per heavy atom. The normalized spacial score (nSPS) is 15.5. The fraction of sp³-hybridized carbons (Fsp3) is 0.652. The van der Waals surface area contributed by atoms with Crippen LogP contribution < -0.4 is 10.6 Å². The van der Waals surface area contributed by atoms with Gasteiger partial charge in [-0.2, -0.15) is 0 Å². The van der Waals surface area contributed by atoms with E-state index in [1.54, 1.807) is 7.11 Å². The van der Waals surface area contributed by atoms with Crippen LogP contribution in [0.25, 0.3) is 0 Å². The molecule has 6 heteroatoms. The van der Waals surface area contributed by atoms with Gasteiger partial charge in [0.1, 0.15) is 0 Å². The van der Waals surface area contributed by atoms with E-state index in [1.807, 2.05) is 43.0 Å². The Morgan fingerprint density at radius 3 is 2.34 bits per heavy atom. The molecular formula is C23H38N4O2. The van der Waals surface area contributed by atoms with Crippen LogP contribution in [-0.2, 0) is 11.3 Å². The van der Waals surface area contributed by atoms with Crippen molar-refractivity contribution in [3.63, 3.8) is 0 Å². The first kappa shape index (κ1) is 23.2. The molecule has 0 saturated heterocycles. The van der Waals surface area contributed by atoms with Gasteiger partial charge in [0.05, 0.1) is 6.54 Å². The predicted molar refractivity (Wildman–Crippen MR) is 119 cm³/mol. The first-order chi connectivity index (χ1) is 14.1. The molecular weight excluding hydrogens is 364 g/mol. The van der Waals surface area contributed by atoms with Gasteiger partial charge in [-0.1, -0.05) is 18.6 Å². The molecule has 1 fully saturated rings. The predicted octanol–water partition coefficient (Wildman–Crippen LogP) is 3.43. The van der Waals surface area contributed by atoms with Gasteiger partial charge in [-0.15, -0.1) is 0 Å². The SMILES string of the molecule is CCNC(=NCc1ccc(C(=O)N(CC)CC)cc1)NCC1(CCOC)CCC1. The van der Waals surface area contributed by atoms with Crippen molar-refractivity contribution in [1.29, 1.82) is 0 Å². The minimum Gasteiger partial charge on any atom is -0.385 e. The van der Waals surface area contributed by atoms with Crippen molar-refractivity contribution in [3.05, 3.63) is 35.4 Å². The number of amides is 1. The number of hydrogen-bond donors (Lipinski definition) is 2. The maximum Gasteiger partial charge on any atom is 0.253 e. The fourth-order valence-corrected chi connectivity index (χ4v) is 3.74. The van der Waals surface area contributed by atoms with Gasteiger partial charge in [0.15, 0.2) is 5.96 Å². The third-order valence-electron chi connectivity index (χ3n) is 5.90. The molecule has 0 aromatic heterocycles. The van der Waals surface area contributed by atoms with E-state index in [4.69, 9.17) is 9.73 Å². The van der Waals surface area contributed by atoms with Gasteiger partial charge < -0.3 is 20.3 Å². The molecule has 1 saturated carbocycles. The zero-order chi connectivity index (χ0) is 21.1. The third kappa shape index (κ3) is 6.74. The van der Waals surface area contributed by atoms with Gasteiger partial charge in [-0.05, 0) is 63.1 Å². The lowest BCUT2D eigenvalue weighted by Crippen LogP contribution is -2.46. The molecule has 0 aliphatic heterocycles. The Labute approximate surface area is 176 Å². The maximum absolute atomic E-state index is 12.4. The zero-order valence-electron chi connectivity index (χ0n) is 18.6. The molecule has 2 rings (SSSR count). The van der Waals surface area contributed by atoms with Gasteiger partial charge in [0.2, 0.25) is 0 Å². The van der Waals surface area contributed by atoms with Crippen LogP contribution in [0.2, 0.25) is 0 Å². The summed E-state index contributed by atoms with van der Waals surface area (Å²) in [6.07, 6.45) is 4.91. The van der Waals surface area contributed by atoms with Crippen molar-refractivity contribution in [2.45, 2.75) is 53.0 Å². The molecule has 2 N–H and O–H groups in total. The second-order valence-corrected chi connectivity index (χ2v) is 7.82. The summed E-state index contributed by atoms with van der Waals surface area (Å²) in [5.74, 6) is 0.932. The highest BCUT2D eigenvalue weighted by Gasteiger charge is 2.36. The van der Waals surface area contributed by atoms with Crippen molar-refractivity contribution < 1.29 is 9.53 Å². The van der Waals surface area contributed by atoms with Crippen LogP contribution in [0.1, 0.15) is 62.4 Å². The molecule has 1 aromatic carbocycles. The smallest absolute Gasteiger partial charge is 0.253 e. The highest BCUT2D eigenvalue weighted by Crippen LogP contribution is 2.43. The molecule has 0 heterocycles. The van der Waals surface area contributed by atoms with Crippen LogP contribution in [-0.4, -0.2) is 56.7 Å². The summed E-state index contributed by atoms with van der Waals surface area (Å²) >= 11 is 0. The molecule has 0 radical (unpaired) electrons. The number of carbonyl (C=O) groups excluding carboxylic acids is 1. The summed E-state index contributed by atoms with van der Waals surface area (Å²) in [5, 5.41) is 6.86. The minimum atomic E-state index is 0.0851. The van der Waals surface area contributed by atoms with Crippen LogP contribution in [0.15, 0.2) is 29.3 Å². The average Bonchev–Trinajstić information content (AvgIpc) is 2.72. The van der Waals surface area contributed by atoms with E-state index in [1.165, 1.54) is 19.3 Å². The second-order valence-electron chi connectivity index (χ2n) is 7.82. The van der Waals surface area contributed by atoms with E-state index in [0.717, 1.165) is 56.3 Å². The molecule has 1 aromatic rings. The van der Waals surface area contributed by atoms with Crippen LogP contribution in [0.5, 0.6) is 0 Å². The summed E-state index contributed by atoms with van der Waals surface area (Å²) in [7, 11) is 1.77. The topological polar surface area (TPSA) is 66.0 Å². The number of carbonyl (C=O) groups is 1. The molecule has 162 valence electrons. The van der Waals surface area contributed by atoms with Gasteiger partial charge >= 0.3 is 0 Å². The number of rotatable bonds is 11. The largest absolute Gasteiger partial charge is 0.385 e. The van der Waals surface area contributed by atoms with Crippen molar-refractivity contribution in [1.82, 2.24) is 15.5 Å². The number of aliphatic imine (C=N–C) groups is 1. The van der Waals surface area contributed by atoms with E-state index in [0.29, 0.717) is 12.0 Å². The lowest BCUT2D eigenvalue weighted by molar-refractivity contribution is 0.0732. The van der Waals surface area contributed by atoms with Crippen molar-refractivity contribution in [2.24, 2.45) is 10.4 Å². The molecule has 0 bridgehead atoms. The summed E-state index contributed by atoms with van der Waals surface area (Å²) < 4.78 is 5.29. The number of hydrogen-bond acceptors (Lipinski definition) is 3. The molecule has 1 aliphatic carbocycles. The molecule has 1 aliphatic rings. The molecule has 0 unspecified atom stereocenters. The monoisotopic (exact) mass is 402 g/mol. The minimum absolute atomic E-state index is 0.0851. The van der Waals surface area contributed by atoms with Crippen LogP contribution in [0.4, 0.5) is 0 Å². The summed E-state index contributed by atoms with van der Waals surface area (Å²) in [6.45, 7) is 10.7. The molecule has 1 amide bonds. The van der Waals surface area contributed by atoms with Crippen LogP contribution >= 0.6 is 0 Å². The first-order valence-corrected chi connectivity index (χ1v) is 11.0. The Morgan fingerprint density at radius 1 is 1.14 bits per heavy atom. The van der Waals surface area contributed by atoms with Gasteiger partial charge in [0.25, 0.3) is 5.91 Å². The summed E-state index contributed by atoms with van der Waals surface area (Å²) in [4.78, 5) is 19.0. The number of ether oxygens (including phenoxy) is 1. The Balaban J connectivity index is 1.94.